The highest BCUT2D eigenvalue weighted by atomic mass is 32.2. The maximum absolute atomic E-state index is 12.8. The summed E-state index contributed by atoms with van der Waals surface area (Å²) in [6.45, 7) is 2.95. The highest BCUT2D eigenvalue weighted by Gasteiger charge is 2.26. The van der Waals surface area contributed by atoms with Crippen LogP contribution in [0.3, 0.4) is 0 Å². The van der Waals surface area contributed by atoms with Crippen molar-refractivity contribution in [3.8, 4) is 0 Å². The van der Waals surface area contributed by atoms with Gasteiger partial charge in [0.2, 0.25) is 21.1 Å². The number of aryl methyl sites for hydroxylation is 1. The molecule has 2 N–H and O–H groups in total. The third kappa shape index (κ3) is 6.36. The van der Waals surface area contributed by atoms with E-state index in [4.69, 9.17) is 0 Å². The summed E-state index contributed by atoms with van der Waals surface area (Å²) in [5.41, 5.74) is 0.567. The number of sulfonamides is 1. The molecule has 1 aromatic heterocycles. The van der Waals surface area contributed by atoms with Gasteiger partial charge in [-0.2, -0.15) is 4.31 Å². The minimum absolute atomic E-state index is 0.177. The molecular formula is C23H33N5O3S2. The number of nitrogens with zero attached hydrogens (tertiary/aromatic N) is 3. The number of thioether (sulfide) groups is 1. The van der Waals surface area contributed by atoms with Crippen molar-refractivity contribution >= 4 is 33.4 Å². The van der Waals surface area contributed by atoms with Crippen LogP contribution in [-0.4, -0.2) is 52.2 Å². The molecule has 33 heavy (non-hydrogen) atoms. The zero-order chi connectivity index (χ0) is 23.3. The van der Waals surface area contributed by atoms with Gasteiger partial charge in [-0.05, 0) is 56.4 Å². The quantitative estimate of drug-likeness (QED) is 0.509. The molecule has 1 saturated heterocycles. The van der Waals surface area contributed by atoms with Gasteiger partial charge in [0.25, 0.3) is 0 Å². The van der Waals surface area contributed by atoms with Crippen LogP contribution in [0, 0.1) is 5.92 Å². The zero-order valence-corrected chi connectivity index (χ0v) is 20.8. The largest absolute Gasteiger partial charge is 0.325 e. The molecule has 1 atom stereocenters. The van der Waals surface area contributed by atoms with Crippen LogP contribution in [-0.2, 0) is 21.2 Å². The topological polar surface area (TPSA) is 108 Å². The second-order valence-electron chi connectivity index (χ2n) is 8.99. The molecule has 8 nitrogen and oxygen atoms in total. The van der Waals surface area contributed by atoms with E-state index >= 15 is 0 Å². The van der Waals surface area contributed by atoms with Crippen molar-refractivity contribution in [2.75, 3.05) is 18.4 Å². The van der Waals surface area contributed by atoms with Crippen molar-refractivity contribution in [2.24, 2.45) is 5.92 Å². The summed E-state index contributed by atoms with van der Waals surface area (Å²) < 4.78 is 27.1. The lowest BCUT2D eigenvalue weighted by molar-refractivity contribution is -0.115. The van der Waals surface area contributed by atoms with Crippen LogP contribution in [0.15, 0.2) is 34.3 Å². The molecule has 0 spiro atoms. The van der Waals surface area contributed by atoms with Crippen LogP contribution >= 0.6 is 11.8 Å². The Morgan fingerprint density at radius 1 is 1.15 bits per heavy atom. The summed E-state index contributed by atoms with van der Waals surface area (Å²) in [7, 11) is -3.48. The number of rotatable bonds is 9. The fraction of sp³-hybridized carbons (Fsp3) is 0.609. The molecule has 0 bridgehead atoms. The summed E-state index contributed by atoms with van der Waals surface area (Å²) in [6.07, 6.45) is 10.2. The van der Waals surface area contributed by atoms with Crippen molar-refractivity contribution < 1.29 is 13.2 Å². The van der Waals surface area contributed by atoms with E-state index in [1.54, 1.807) is 28.6 Å². The smallest absolute Gasteiger partial charge is 0.243 e. The fourth-order valence-corrected chi connectivity index (χ4v) is 6.76. The van der Waals surface area contributed by atoms with Crippen LogP contribution in [0.1, 0.15) is 64.1 Å². The molecule has 1 aliphatic heterocycles. The van der Waals surface area contributed by atoms with Crippen LogP contribution in [0.5, 0.6) is 0 Å². The van der Waals surface area contributed by atoms with Gasteiger partial charge >= 0.3 is 0 Å². The van der Waals surface area contributed by atoms with Gasteiger partial charge in [0.05, 0.1) is 10.1 Å². The van der Waals surface area contributed by atoms with E-state index in [-0.39, 0.29) is 16.1 Å². The molecule has 4 rings (SSSR count). The van der Waals surface area contributed by atoms with Crippen molar-refractivity contribution in [1.82, 2.24) is 19.5 Å². The first kappa shape index (κ1) is 24.2. The van der Waals surface area contributed by atoms with Gasteiger partial charge in [-0.15, -0.1) is 5.10 Å². The average molecular weight is 492 g/mol. The first-order chi connectivity index (χ1) is 15.9. The molecule has 180 valence electrons. The van der Waals surface area contributed by atoms with Crippen LogP contribution in [0.2, 0.25) is 0 Å². The van der Waals surface area contributed by atoms with Crippen molar-refractivity contribution in [2.45, 2.75) is 80.0 Å². The molecule has 2 fully saturated rings. The third-order valence-electron chi connectivity index (χ3n) is 6.50. The molecule has 10 heteroatoms. The Balaban J connectivity index is 1.28. The average Bonchev–Trinajstić information content (AvgIpc) is 3.50. The Kier molecular flexibility index (Phi) is 8.08. The van der Waals surface area contributed by atoms with Crippen LogP contribution < -0.4 is 5.32 Å². The summed E-state index contributed by atoms with van der Waals surface area (Å²) >= 11 is 1.31. The maximum atomic E-state index is 12.8. The molecule has 2 aliphatic rings. The highest BCUT2D eigenvalue weighted by molar-refractivity contribution is 8.00. The van der Waals surface area contributed by atoms with Crippen molar-refractivity contribution in [1.29, 1.82) is 0 Å². The SMILES string of the molecule is CC(Sc1n[nH]c(CCC2CCCC2)n1)C(=O)Nc1ccc(S(=O)(=O)N2CCCCC2)cc1. The molecule has 1 amide bonds. The number of H-pyrrole nitrogens is 1. The first-order valence-corrected chi connectivity index (χ1v) is 14.2. The minimum Gasteiger partial charge on any atom is -0.325 e. The molecule has 1 saturated carbocycles. The van der Waals surface area contributed by atoms with E-state index in [1.807, 2.05) is 6.92 Å². The number of hydrogen-bond acceptors (Lipinski definition) is 6. The van der Waals surface area contributed by atoms with Crippen molar-refractivity contribution in [3.63, 3.8) is 0 Å². The van der Waals surface area contributed by atoms with Gasteiger partial charge in [0.15, 0.2) is 0 Å². The molecule has 1 aliphatic carbocycles. The van der Waals surface area contributed by atoms with Gasteiger partial charge in [-0.25, -0.2) is 13.4 Å². The Morgan fingerprint density at radius 2 is 1.85 bits per heavy atom. The number of anilines is 1. The lowest BCUT2D eigenvalue weighted by Gasteiger charge is -2.25. The molecular weight excluding hydrogens is 458 g/mol. The highest BCUT2D eigenvalue weighted by Crippen LogP contribution is 2.29. The number of carbonyl (C=O) groups excluding carboxylic acids is 1. The third-order valence-corrected chi connectivity index (χ3v) is 9.38. The van der Waals surface area contributed by atoms with Crippen LogP contribution in [0.25, 0.3) is 0 Å². The standard InChI is InChI=1S/C23H33N5O3S2/c1-17(32-23-25-21(26-27-23)14-9-18-7-3-4-8-18)22(29)24-19-10-12-20(13-11-19)33(30,31)28-15-5-2-6-16-28/h10-13,17-18H,2-9,14-16H2,1H3,(H,24,29)(H,25,26,27). The van der Waals surface area contributed by atoms with Gasteiger partial charge < -0.3 is 5.32 Å². The Hall–Kier alpha value is -1.91. The van der Waals surface area contributed by atoms with E-state index in [2.05, 4.69) is 20.5 Å². The lowest BCUT2D eigenvalue weighted by atomic mass is 10.0. The second kappa shape index (κ2) is 11.0. The second-order valence-corrected chi connectivity index (χ2v) is 12.2. The number of piperidine rings is 1. The van der Waals surface area contributed by atoms with E-state index in [9.17, 15) is 13.2 Å². The summed E-state index contributed by atoms with van der Waals surface area (Å²) in [5, 5.41) is 10.3. The normalized spacial score (nSPS) is 18.9. The molecule has 2 heterocycles. The summed E-state index contributed by atoms with van der Waals surface area (Å²) in [4.78, 5) is 17.4. The Bertz CT molecular complexity index is 1030. The van der Waals surface area contributed by atoms with E-state index in [0.717, 1.165) is 43.8 Å². The van der Waals surface area contributed by atoms with Gasteiger partial charge in [0, 0.05) is 25.2 Å². The number of benzene rings is 1. The van der Waals surface area contributed by atoms with Gasteiger partial charge in [-0.1, -0.05) is 43.9 Å². The summed E-state index contributed by atoms with van der Waals surface area (Å²) in [5.74, 6) is 1.50. The number of aromatic amines is 1. The number of nitrogens with one attached hydrogen (secondary N) is 2. The zero-order valence-electron chi connectivity index (χ0n) is 19.1. The molecule has 0 radical (unpaired) electrons. The molecule has 2 aromatic rings. The molecule has 1 unspecified atom stereocenters. The lowest BCUT2D eigenvalue weighted by Crippen LogP contribution is -2.35. The van der Waals surface area contributed by atoms with E-state index < -0.39 is 10.0 Å². The summed E-state index contributed by atoms with van der Waals surface area (Å²) in [6, 6.07) is 6.40. The predicted molar refractivity (Wildman–Crippen MR) is 130 cm³/mol. The minimum atomic E-state index is -3.48. The Morgan fingerprint density at radius 3 is 2.55 bits per heavy atom. The number of aromatic nitrogens is 3. The molecule has 1 aromatic carbocycles. The number of amides is 1. The monoisotopic (exact) mass is 491 g/mol. The van der Waals surface area contributed by atoms with E-state index in [0.29, 0.717) is 23.9 Å². The van der Waals surface area contributed by atoms with E-state index in [1.165, 1.54) is 37.4 Å². The number of hydrogen-bond donors (Lipinski definition) is 2. The first-order valence-electron chi connectivity index (χ1n) is 11.9. The van der Waals surface area contributed by atoms with Crippen molar-refractivity contribution in [3.05, 3.63) is 30.1 Å². The van der Waals surface area contributed by atoms with Gasteiger partial charge in [-0.3, -0.25) is 9.89 Å². The predicted octanol–water partition coefficient (Wildman–Crippen LogP) is 4.22. The number of carbonyl (C=O) groups is 1. The van der Waals surface area contributed by atoms with Gasteiger partial charge in [0.1, 0.15) is 5.82 Å². The maximum Gasteiger partial charge on any atom is 0.243 e. The fourth-order valence-electron chi connectivity index (χ4n) is 4.50. The van der Waals surface area contributed by atoms with Crippen LogP contribution in [0.4, 0.5) is 5.69 Å². The Labute approximate surface area is 200 Å².